The molecule has 23 heavy (non-hydrogen) atoms. The number of amidine groups is 1. The Morgan fingerprint density at radius 3 is 2.70 bits per heavy atom. The summed E-state index contributed by atoms with van der Waals surface area (Å²) < 4.78 is 23.8. The number of hydrogen-bond donors (Lipinski definition) is 0. The van der Waals surface area contributed by atoms with Crippen LogP contribution in [0, 0.1) is 0 Å². The Bertz CT molecular complexity index is 746. The maximum Gasteiger partial charge on any atom is 0.247 e. The van der Waals surface area contributed by atoms with E-state index in [4.69, 9.17) is 11.6 Å². The van der Waals surface area contributed by atoms with Crippen LogP contribution in [0.4, 0.5) is 0 Å². The average Bonchev–Trinajstić information content (AvgIpc) is 2.94. The first kappa shape index (κ1) is 16.8. The van der Waals surface area contributed by atoms with Crippen molar-refractivity contribution in [3.8, 4) is 0 Å². The Morgan fingerprint density at radius 2 is 2.04 bits per heavy atom. The number of rotatable bonds is 3. The van der Waals surface area contributed by atoms with Gasteiger partial charge in [0.15, 0.2) is 15.0 Å². The van der Waals surface area contributed by atoms with Crippen LogP contribution in [-0.2, 0) is 21.2 Å². The number of sulfone groups is 1. The summed E-state index contributed by atoms with van der Waals surface area (Å²) in [5.74, 6) is 0.0903. The Kier molecular flexibility index (Phi) is 4.71. The lowest BCUT2D eigenvalue weighted by Crippen LogP contribution is -2.37. The van der Waals surface area contributed by atoms with E-state index < -0.39 is 9.84 Å². The fourth-order valence-electron chi connectivity index (χ4n) is 2.79. The molecule has 0 unspecified atom stereocenters. The van der Waals surface area contributed by atoms with Crippen LogP contribution in [0.3, 0.4) is 0 Å². The molecule has 2 atom stereocenters. The molecule has 0 bridgehead atoms. The lowest BCUT2D eigenvalue weighted by atomic mass is 10.1. The van der Waals surface area contributed by atoms with Crippen molar-refractivity contribution < 1.29 is 13.2 Å². The molecule has 2 saturated heterocycles. The number of amides is 1. The fourth-order valence-corrected chi connectivity index (χ4v) is 6.89. The smallest absolute Gasteiger partial charge is 0.247 e. The van der Waals surface area contributed by atoms with Gasteiger partial charge in [0.1, 0.15) is 0 Å². The third kappa shape index (κ3) is 3.72. The molecule has 0 saturated carbocycles. The molecule has 1 aromatic carbocycles. The molecule has 1 aromatic rings. The highest BCUT2D eigenvalue weighted by Gasteiger charge is 2.48. The van der Waals surface area contributed by atoms with E-state index in [-0.39, 0.29) is 28.7 Å². The van der Waals surface area contributed by atoms with Gasteiger partial charge < -0.3 is 4.90 Å². The highest BCUT2D eigenvalue weighted by Crippen LogP contribution is 2.39. The Labute approximate surface area is 145 Å². The van der Waals surface area contributed by atoms with E-state index in [1.807, 2.05) is 17.0 Å². The maximum absolute atomic E-state index is 11.9. The summed E-state index contributed by atoms with van der Waals surface area (Å²) in [5, 5.41) is 1.24. The van der Waals surface area contributed by atoms with Crippen molar-refractivity contribution in [3.63, 3.8) is 0 Å². The maximum atomic E-state index is 11.9. The molecule has 0 radical (unpaired) electrons. The van der Waals surface area contributed by atoms with Gasteiger partial charge in [-0.15, -0.1) is 0 Å². The van der Waals surface area contributed by atoms with Gasteiger partial charge in [0, 0.05) is 23.2 Å². The van der Waals surface area contributed by atoms with Gasteiger partial charge in [-0.25, -0.2) is 8.42 Å². The van der Waals surface area contributed by atoms with Crippen LogP contribution in [0.1, 0.15) is 18.9 Å². The van der Waals surface area contributed by atoms with Crippen molar-refractivity contribution in [2.75, 3.05) is 11.5 Å². The first-order valence-corrected chi connectivity index (χ1v) is 10.5. The Hall–Kier alpha value is -1.05. The largest absolute Gasteiger partial charge is 0.342 e. The Balaban J connectivity index is 1.88. The van der Waals surface area contributed by atoms with Gasteiger partial charge >= 0.3 is 0 Å². The first-order chi connectivity index (χ1) is 10.9. The van der Waals surface area contributed by atoms with Crippen LogP contribution in [-0.4, -0.2) is 47.2 Å². The molecular formula is C15H17ClN2O3S2. The Morgan fingerprint density at radius 1 is 1.35 bits per heavy atom. The molecule has 0 aromatic heterocycles. The molecular weight excluding hydrogens is 356 g/mol. The van der Waals surface area contributed by atoms with Gasteiger partial charge in [0.05, 0.1) is 17.5 Å². The lowest BCUT2D eigenvalue weighted by Gasteiger charge is -2.24. The second-order valence-electron chi connectivity index (χ2n) is 5.70. The zero-order valence-electron chi connectivity index (χ0n) is 12.6. The van der Waals surface area contributed by atoms with Gasteiger partial charge in [-0.3, -0.25) is 4.79 Å². The van der Waals surface area contributed by atoms with Crippen LogP contribution in [0.15, 0.2) is 29.3 Å². The minimum absolute atomic E-state index is 0.0456. The molecule has 0 N–H and O–H groups in total. The zero-order chi connectivity index (χ0) is 16.6. The molecule has 1 amide bonds. The number of carbonyl (C=O) groups excluding carboxylic acids is 1. The second kappa shape index (κ2) is 6.45. The fraction of sp³-hybridized carbons (Fsp3) is 0.467. The molecule has 2 heterocycles. The molecule has 124 valence electrons. The summed E-state index contributed by atoms with van der Waals surface area (Å²) in [7, 11) is -3.02. The van der Waals surface area contributed by atoms with E-state index in [1.165, 1.54) is 11.8 Å². The van der Waals surface area contributed by atoms with Crippen LogP contribution < -0.4 is 0 Å². The monoisotopic (exact) mass is 372 g/mol. The predicted molar refractivity (Wildman–Crippen MR) is 93.5 cm³/mol. The van der Waals surface area contributed by atoms with Crippen LogP contribution >= 0.6 is 23.4 Å². The van der Waals surface area contributed by atoms with Crippen molar-refractivity contribution in [2.24, 2.45) is 4.99 Å². The normalized spacial score (nSPS) is 27.4. The summed E-state index contributed by atoms with van der Waals surface area (Å²) in [6.45, 7) is 2.29. The number of hydrogen-bond acceptors (Lipinski definition) is 4. The number of benzene rings is 1. The molecule has 0 aliphatic carbocycles. The van der Waals surface area contributed by atoms with Gasteiger partial charge in [-0.2, -0.15) is 4.99 Å². The summed E-state index contributed by atoms with van der Waals surface area (Å²) in [6, 6.07) is 7.30. The minimum Gasteiger partial charge on any atom is -0.342 e. The van der Waals surface area contributed by atoms with Crippen LogP contribution in [0.5, 0.6) is 0 Å². The number of halogens is 1. The quantitative estimate of drug-likeness (QED) is 0.814. The summed E-state index contributed by atoms with van der Waals surface area (Å²) in [4.78, 5) is 17.8. The van der Waals surface area contributed by atoms with Crippen molar-refractivity contribution in [1.29, 1.82) is 0 Å². The van der Waals surface area contributed by atoms with Crippen LogP contribution in [0.2, 0.25) is 5.02 Å². The lowest BCUT2D eigenvalue weighted by molar-refractivity contribution is -0.117. The topological polar surface area (TPSA) is 66.8 Å². The summed E-state index contributed by atoms with van der Waals surface area (Å²) >= 11 is 7.31. The third-order valence-electron chi connectivity index (χ3n) is 3.96. The van der Waals surface area contributed by atoms with E-state index in [0.717, 1.165) is 5.56 Å². The summed E-state index contributed by atoms with van der Waals surface area (Å²) in [6.07, 6.45) is 0.340. The molecule has 0 spiro atoms. The number of thioether (sulfide) groups is 1. The highest BCUT2D eigenvalue weighted by atomic mass is 35.5. The van der Waals surface area contributed by atoms with Crippen molar-refractivity contribution >= 4 is 44.3 Å². The summed E-state index contributed by atoms with van der Waals surface area (Å²) in [5.41, 5.74) is 1.01. The first-order valence-electron chi connectivity index (χ1n) is 7.37. The van der Waals surface area contributed by atoms with Gasteiger partial charge in [-0.1, -0.05) is 42.4 Å². The number of carbonyl (C=O) groups is 1. The second-order valence-corrected chi connectivity index (χ2v) is 9.49. The van der Waals surface area contributed by atoms with Crippen molar-refractivity contribution in [2.45, 2.75) is 31.2 Å². The van der Waals surface area contributed by atoms with E-state index >= 15 is 0 Å². The van der Waals surface area contributed by atoms with E-state index in [9.17, 15) is 13.2 Å². The third-order valence-corrected chi connectivity index (χ3v) is 7.46. The molecule has 2 fully saturated rings. The van der Waals surface area contributed by atoms with Crippen molar-refractivity contribution in [1.82, 2.24) is 4.90 Å². The highest BCUT2D eigenvalue weighted by molar-refractivity contribution is 8.15. The minimum atomic E-state index is -3.02. The van der Waals surface area contributed by atoms with Crippen LogP contribution in [0.25, 0.3) is 0 Å². The van der Waals surface area contributed by atoms with Gasteiger partial charge in [0.25, 0.3) is 0 Å². The van der Waals surface area contributed by atoms with E-state index in [0.29, 0.717) is 23.2 Å². The van der Waals surface area contributed by atoms with E-state index in [2.05, 4.69) is 4.99 Å². The van der Waals surface area contributed by atoms with E-state index in [1.54, 1.807) is 19.1 Å². The zero-order valence-corrected chi connectivity index (χ0v) is 15.0. The standard InChI is InChI=1S/C15H17ClN2O3S2/c1-2-14(19)17-15-18(7-10-3-5-11(16)6-4-10)12-8-23(20,21)9-13(12)22-15/h3-6,12-13H,2,7-9H2,1H3/t12-,13+/m0/s1. The van der Waals surface area contributed by atoms with Gasteiger partial charge in [-0.05, 0) is 17.7 Å². The molecule has 3 rings (SSSR count). The van der Waals surface area contributed by atoms with Crippen molar-refractivity contribution in [3.05, 3.63) is 34.9 Å². The average molecular weight is 373 g/mol. The number of nitrogens with zero attached hydrogens (tertiary/aromatic N) is 2. The number of fused-ring (bicyclic) bond motifs is 1. The van der Waals surface area contributed by atoms with Gasteiger partial charge in [0.2, 0.25) is 5.91 Å². The SMILES string of the molecule is CCC(=O)N=C1S[C@@H]2CS(=O)(=O)C[C@@H]2N1Cc1ccc(Cl)cc1. The predicted octanol–water partition coefficient (Wildman–Crippen LogP) is 2.35. The number of aliphatic imine (C=N–C) groups is 1. The molecule has 8 heteroatoms. The molecule has 2 aliphatic heterocycles. The molecule has 5 nitrogen and oxygen atoms in total. The molecule has 2 aliphatic rings.